The number of fused-ring (bicyclic) bond motifs is 1. The van der Waals surface area contributed by atoms with Crippen LogP contribution in [-0.4, -0.2) is 30.8 Å². The number of carboxylic acids is 1. The number of carboxylic acid groups (broad SMARTS) is 1. The van der Waals surface area contributed by atoms with Gasteiger partial charge in [-0.3, -0.25) is 0 Å². The van der Waals surface area contributed by atoms with Crippen LogP contribution in [0.2, 0.25) is 5.02 Å². The fraction of sp³-hybridized carbons (Fsp3) is 0. The zero-order valence-electron chi connectivity index (χ0n) is 9.49. The molecule has 0 atom stereocenters. The van der Waals surface area contributed by atoms with Crippen molar-refractivity contribution < 1.29 is 9.90 Å². The lowest BCUT2D eigenvalue weighted by atomic mass is 10.1. The highest BCUT2D eigenvalue weighted by molar-refractivity contribution is 6.30. The van der Waals surface area contributed by atoms with E-state index in [0.717, 1.165) is 0 Å². The Labute approximate surface area is 112 Å². The van der Waals surface area contributed by atoms with Gasteiger partial charge in [0.25, 0.3) is 0 Å². The Morgan fingerprint density at radius 2 is 2.16 bits per heavy atom. The Hall–Kier alpha value is -2.47. The Morgan fingerprint density at radius 3 is 2.84 bits per heavy atom. The van der Waals surface area contributed by atoms with Gasteiger partial charge in [-0.25, -0.2) is 19.4 Å². The predicted molar refractivity (Wildman–Crippen MR) is 68.6 cm³/mol. The molecule has 0 saturated carbocycles. The molecule has 3 rings (SSSR count). The number of nitrogens with zero attached hydrogens (tertiary/aromatic N) is 4. The van der Waals surface area contributed by atoms with E-state index in [1.54, 1.807) is 12.3 Å². The molecule has 94 valence electrons. The summed E-state index contributed by atoms with van der Waals surface area (Å²) in [5.41, 5.74) is 0.715. The normalized spacial score (nSPS) is 10.8. The van der Waals surface area contributed by atoms with Crippen LogP contribution in [0.3, 0.4) is 0 Å². The van der Waals surface area contributed by atoms with Gasteiger partial charge in [0, 0.05) is 5.39 Å². The largest absolute Gasteiger partial charge is 0.478 e. The van der Waals surface area contributed by atoms with Crippen LogP contribution in [0.15, 0.2) is 36.9 Å². The van der Waals surface area contributed by atoms with E-state index in [9.17, 15) is 4.79 Å². The van der Waals surface area contributed by atoms with E-state index in [1.807, 2.05) is 0 Å². The maximum absolute atomic E-state index is 10.9. The second-order valence-electron chi connectivity index (χ2n) is 3.84. The number of aromatic nitrogens is 4. The summed E-state index contributed by atoms with van der Waals surface area (Å²) in [6.45, 7) is 0. The molecule has 0 bridgehead atoms. The molecule has 0 radical (unpaired) electrons. The van der Waals surface area contributed by atoms with E-state index in [0.29, 0.717) is 21.7 Å². The molecule has 3 aromatic rings. The van der Waals surface area contributed by atoms with E-state index in [-0.39, 0.29) is 5.56 Å². The SMILES string of the molecule is O=C(O)c1ccc2c(-n3cc(Cl)cn3)ncnc2c1. The maximum atomic E-state index is 10.9. The fourth-order valence-corrected chi connectivity index (χ4v) is 1.91. The number of carbonyl (C=O) groups is 1. The first kappa shape index (κ1) is 11.6. The summed E-state index contributed by atoms with van der Waals surface area (Å²) in [7, 11) is 0. The molecule has 0 aliphatic rings. The van der Waals surface area contributed by atoms with Crippen molar-refractivity contribution in [2.45, 2.75) is 0 Å². The molecule has 0 aliphatic heterocycles. The van der Waals surface area contributed by atoms with Gasteiger partial charge in [-0.05, 0) is 18.2 Å². The van der Waals surface area contributed by atoms with Crippen molar-refractivity contribution in [3.63, 3.8) is 0 Å². The molecule has 0 amide bonds. The van der Waals surface area contributed by atoms with Crippen LogP contribution in [-0.2, 0) is 0 Å². The van der Waals surface area contributed by atoms with Crippen molar-refractivity contribution >= 4 is 28.5 Å². The summed E-state index contributed by atoms with van der Waals surface area (Å²) in [5, 5.41) is 14.2. The predicted octanol–water partition coefficient (Wildman–Crippen LogP) is 2.17. The third-order valence-corrected chi connectivity index (χ3v) is 2.83. The second kappa shape index (κ2) is 4.33. The van der Waals surface area contributed by atoms with Gasteiger partial charge in [0.2, 0.25) is 0 Å². The van der Waals surface area contributed by atoms with Crippen LogP contribution in [0.4, 0.5) is 0 Å². The van der Waals surface area contributed by atoms with Gasteiger partial charge in [0.1, 0.15) is 6.33 Å². The van der Waals surface area contributed by atoms with Gasteiger partial charge in [-0.2, -0.15) is 5.10 Å². The molecule has 19 heavy (non-hydrogen) atoms. The first-order chi connectivity index (χ1) is 9.15. The van der Waals surface area contributed by atoms with E-state index in [2.05, 4.69) is 15.1 Å². The summed E-state index contributed by atoms with van der Waals surface area (Å²) in [4.78, 5) is 19.1. The van der Waals surface area contributed by atoms with Gasteiger partial charge in [0.05, 0.1) is 28.5 Å². The van der Waals surface area contributed by atoms with Crippen molar-refractivity contribution in [2.24, 2.45) is 0 Å². The molecule has 0 spiro atoms. The summed E-state index contributed by atoms with van der Waals surface area (Å²) in [6, 6.07) is 4.65. The highest BCUT2D eigenvalue weighted by Gasteiger charge is 2.10. The smallest absolute Gasteiger partial charge is 0.335 e. The molecule has 0 aliphatic carbocycles. The maximum Gasteiger partial charge on any atom is 0.335 e. The zero-order chi connectivity index (χ0) is 13.4. The van der Waals surface area contributed by atoms with E-state index in [4.69, 9.17) is 16.7 Å². The average Bonchev–Trinajstić information content (AvgIpc) is 2.84. The number of hydrogen-bond donors (Lipinski definition) is 1. The minimum atomic E-state index is -0.996. The molecule has 6 nitrogen and oxygen atoms in total. The highest BCUT2D eigenvalue weighted by atomic mass is 35.5. The van der Waals surface area contributed by atoms with Crippen LogP contribution < -0.4 is 0 Å². The second-order valence-corrected chi connectivity index (χ2v) is 4.27. The summed E-state index contributed by atoms with van der Waals surface area (Å²) < 4.78 is 1.52. The number of hydrogen-bond acceptors (Lipinski definition) is 4. The Morgan fingerprint density at radius 1 is 1.32 bits per heavy atom. The van der Waals surface area contributed by atoms with Crippen LogP contribution >= 0.6 is 11.6 Å². The zero-order valence-corrected chi connectivity index (χ0v) is 10.2. The van der Waals surface area contributed by atoms with E-state index >= 15 is 0 Å². The number of rotatable bonds is 2. The summed E-state index contributed by atoms with van der Waals surface area (Å²) in [6.07, 6.45) is 4.48. The number of benzene rings is 1. The number of aromatic carboxylic acids is 1. The lowest BCUT2D eigenvalue weighted by molar-refractivity contribution is 0.0697. The van der Waals surface area contributed by atoms with Crippen LogP contribution in [0.25, 0.3) is 16.7 Å². The van der Waals surface area contributed by atoms with Crippen LogP contribution in [0.1, 0.15) is 10.4 Å². The van der Waals surface area contributed by atoms with Gasteiger partial charge in [0.15, 0.2) is 5.82 Å². The van der Waals surface area contributed by atoms with Crippen molar-refractivity contribution in [1.82, 2.24) is 19.7 Å². The standard InChI is InChI=1S/C12H7ClN4O2/c13-8-4-16-17(5-8)11-9-2-1-7(12(18)19)3-10(9)14-6-15-11/h1-6H,(H,18,19). The molecule has 1 aromatic carbocycles. The molecule has 0 saturated heterocycles. The van der Waals surface area contributed by atoms with Gasteiger partial charge in [-0.15, -0.1) is 0 Å². The van der Waals surface area contributed by atoms with E-state index in [1.165, 1.54) is 29.3 Å². The summed E-state index contributed by atoms with van der Waals surface area (Å²) >= 11 is 5.82. The van der Waals surface area contributed by atoms with Gasteiger partial charge >= 0.3 is 5.97 Å². The first-order valence-corrected chi connectivity index (χ1v) is 5.71. The minimum absolute atomic E-state index is 0.177. The third-order valence-electron chi connectivity index (χ3n) is 2.63. The Bertz CT molecular complexity index is 784. The molecule has 2 heterocycles. The third kappa shape index (κ3) is 2.02. The lowest BCUT2D eigenvalue weighted by Crippen LogP contribution is -2.01. The molecule has 0 fully saturated rings. The topological polar surface area (TPSA) is 80.9 Å². The van der Waals surface area contributed by atoms with Crippen molar-refractivity contribution in [1.29, 1.82) is 0 Å². The fourth-order valence-electron chi connectivity index (χ4n) is 1.78. The Balaban J connectivity index is 2.24. The molecule has 1 N–H and O–H groups in total. The highest BCUT2D eigenvalue weighted by Crippen LogP contribution is 2.20. The first-order valence-electron chi connectivity index (χ1n) is 5.34. The van der Waals surface area contributed by atoms with Gasteiger partial charge < -0.3 is 5.11 Å². The summed E-state index contributed by atoms with van der Waals surface area (Å²) in [5.74, 6) is -0.446. The monoisotopic (exact) mass is 274 g/mol. The van der Waals surface area contributed by atoms with Crippen LogP contribution in [0, 0.1) is 0 Å². The quantitative estimate of drug-likeness (QED) is 0.774. The van der Waals surface area contributed by atoms with Crippen molar-refractivity contribution in [2.75, 3.05) is 0 Å². The number of halogens is 1. The molecule has 7 heteroatoms. The Kier molecular flexibility index (Phi) is 2.64. The van der Waals surface area contributed by atoms with Crippen molar-refractivity contribution in [3.05, 3.63) is 47.5 Å². The molecule has 0 unspecified atom stereocenters. The molecular weight excluding hydrogens is 268 g/mol. The molecular formula is C12H7ClN4O2. The van der Waals surface area contributed by atoms with Crippen molar-refractivity contribution in [3.8, 4) is 5.82 Å². The molecule has 2 aromatic heterocycles. The lowest BCUT2D eigenvalue weighted by Gasteiger charge is -2.05. The minimum Gasteiger partial charge on any atom is -0.478 e. The van der Waals surface area contributed by atoms with Crippen LogP contribution in [0.5, 0.6) is 0 Å². The average molecular weight is 275 g/mol. The van der Waals surface area contributed by atoms with E-state index < -0.39 is 5.97 Å². The van der Waals surface area contributed by atoms with Gasteiger partial charge in [-0.1, -0.05) is 11.6 Å².